The number of allylic oxidation sites excluding steroid dienone is 1. The molecule has 1 aromatic rings. The molecule has 0 fully saturated rings. The molecule has 0 aromatic carbocycles. The fourth-order valence-corrected chi connectivity index (χ4v) is 1.90. The van der Waals surface area contributed by atoms with Crippen LogP contribution in [0.2, 0.25) is 0 Å². The van der Waals surface area contributed by atoms with E-state index >= 15 is 0 Å². The number of carbonyl (C=O) groups excluding carboxylic acids is 1. The van der Waals surface area contributed by atoms with Gasteiger partial charge >= 0.3 is 0 Å². The topological polar surface area (TPSA) is 38.1 Å². The Bertz CT molecular complexity index is 429. The summed E-state index contributed by atoms with van der Waals surface area (Å²) in [6.45, 7) is 0. The Balaban J connectivity index is 2.51. The molecule has 1 aliphatic rings. The largest absolute Gasteiger partial charge is 0.383 e. The highest BCUT2D eigenvalue weighted by Gasteiger charge is 2.24. The van der Waals surface area contributed by atoms with Crippen LogP contribution >= 0.6 is 0 Å². The molecular weight excluding hydrogens is 190 g/mol. The second-order valence-corrected chi connectivity index (χ2v) is 4.06. The molecule has 0 radical (unpaired) electrons. The minimum absolute atomic E-state index is 0.212. The third-order valence-corrected chi connectivity index (χ3v) is 2.63. The van der Waals surface area contributed by atoms with Gasteiger partial charge in [0.05, 0.1) is 6.20 Å². The predicted molar refractivity (Wildman–Crippen MR) is 58.2 cm³/mol. The number of ketones is 1. The number of Topliss-reactive ketones (excluding diaryl/α,β-unsaturated/α-hetero) is 1. The average molecular weight is 205 g/mol. The van der Waals surface area contributed by atoms with Gasteiger partial charge in [-0.15, -0.1) is 0 Å². The van der Waals surface area contributed by atoms with Gasteiger partial charge in [-0.05, 0) is 6.42 Å². The number of fused-ring (bicyclic) bond motifs is 1. The Morgan fingerprint density at radius 1 is 1.47 bits per heavy atom. The second-order valence-electron chi connectivity index (χ2n) is 4.06. The maximum Gasteiger partial charge on any atom is 0.165 e. The van der Waals surface area contributed by atoms with Gasteiger partial charge in [0.25, 0.3) is 0 Å². The zero-order valence-corrected chi connectivity index (χ0v) is 9.32. The Morgan fingerprint density at radius 2 is 2.20 bits per heavy atom. The molecule has 4 nitrogen and oxygen atoms in total. The first-order valence-electron chi connectivity index (χ1n) is 5.02. The van der Waals surface area contributed by atoms with E-state index in [9.17, 15) is 4.79 Å². The van der Waals surface area contributed by atoms with E-state index in [1.54, 1.807) is 6.20 Å². The zero-order valence-electron chi connectivity index (χ0n) is 9.32. The first-order valence-corrected chi connectivity index (χ1v) is 5.02. The van der Waals surface area contributed by atoms with E-state index in [0.717, 1.165) is 23.3 Å². The summed E-state index contributed by atoms with van der Waals surface area (Å²) in [5.41, 5.74) is 2.93. The van der Waals surface area contributed by atoms with Gasteiger partial charge in [-0.25, -0.2) is 0 Å². The molecule has 0 unspecified atom stereocenters. The Kier molecular flexibility index (Phi) is 2.34. The molecule has 15 heavy (non-hydrogen) atoms. The number of hydrogen-bond acceptors (Lipinski definition) is 3. The number of carbonyl (C=O) groups is 1. The van der Waals surface area contributed by atoms with Crippen molar-refractivity contribution >= 4 is 11.4 Å². The van der Waals surface area contributed by atoms with Crippen LogP contribution in [0, 0.1) is 0 Å². The zero-order chi connectivity index (χ0) is 11.0. The molecule has 2 rings (SSSR count). The molecule has 80 valence electrons. The van der Waals surface area contributed by atoms with Crippen molar-refractivity contribution in [3.63, 3.8) is 0 Å². The highest BCUT2D eigenvalue weighted by Crippen LogP contribution is 2.27. The lowest BCUT2D eigenvalue weighted by atomic mass is 9.92. The third kappa shape index (κ3) is 1.67. The normalized spacial score (nSPS) is 18.1. The molecule has 0 saturated carbocycles. The van der Waals surface area contributed by atoms with Gasteiger partial charge in [-0.1, -0.05) is 0 Å². The minimum atomic E-state index is 0.212. The van der Waals surface area contributed by atoms with Crippen molar-refractivity contribution in [3.05, 3.63) is 23.7 Å². The highest BCUT2D eigenvalue weighted by molar-refractivity contribution is 6.22. The lowest BCUT2D eigenvalue weighted by Gasteiger charge is -2.16. The van der Waals surface area contributed by atoms with Crippen LogP contribution < -0.4 is 0 Å². The summed E-state index contributed by atoms with van der Waals surface area (Å²) in [6.07, 6.45) is 5.05. The van der Waals surface area contributed by atoms with Crippen molar-refractivity contribution in [2.24, 2.45) is 7.05 Å². The monoisotopic (exact) mass is 205 g/mol. The van der Waals surface area contributed by atoms with Crippen LogP contribution in [0.15, 0.2) is 12.4 Å². The van der Waals surface area contributed by atoms with Crippen molar-refractivity contribution in [3.8, 4) is 0 Å². The molecule has 0 amide bonds. The van der Waals surface area contributed by atoms with E-state index in [1.807, 2.05) is 36.9 Å². The van der Waals surface area contributed by atoms with E-state index in [1.165, 1.54) is 0 Å². The number of rotatable bonds is 1. The van der Waals surface area contributed by atoms with Gasteiger partial charge in [-0.3, -0.25) is 9.48 Å². The second kappa shape index (κ2) is 3.53. The van der Waals surface area contributed by atoms with Gasteiger partial charge in [0.1, 0.15) is 0 Å². The van der Waals surface area contributed by atoms with Crippen molar-refractivity contribution in [1.82, 2.24) is 14.7 Å². The lowest BCUT2D eigenvalue weighted by molar-refractivity contribution is -0.114. The average Bonchev–Trinajstić information content (AvgIpc) is 2.52. The van der Waals surface area contributed by atoms with E-state index in [2.05, 4.69) is 5.10 Å². The molecule has 0 bridgehead atoms. The third-order valence-electron chi connectivity index (χ3n) is 2.63. The van der Waals surface area contributed by atoms with Crippen LogP contribution in [0.5, 0.6) is 0 Å². The minimum Gasteiger partial charge on any atom is -0.383 e. The number of hydrogen-bond donors (Lipinski definition) is 0. The molecule has 4 heteroatoms. The molecule has 0 saturated heterocycles. The summed E-state index contributed by atoms with van der Waals surface area (Å²) in [5.74, 6) is 0.212. The molecule has 1 aliphatic carbocycles. The molecule has 0 spiro atoms. The fraction of sp³-hybridized carbons (Fsp3) is 0.455. The maximum atomic E-state index is 11.8. The summed E-state index contributed by atoms with van der Waals surface area (Å²) < 4.78 is 1.85. The van der Waals surface area contributed by atoms with Crippen LogP contribution in [-0.4, -0.2) is 34.6 Å². The first kappa shape index (κ1) is 9.96. The SMILES string of the molecule is CN(C)C=C1C(=O)CCc2c1cnn2C. The van der Waals surface area contributed by atoms with Crippen LogP contribution in [0.3, 0.4) is 0 Å². The van der Waals surface area contributed by atoms with Gasteiger partial charge in [0, 0.05) is 50.6 Å². The summed E-state index contributed by atoms with van der Waals surface area (Å²) in [5, 5.41) is 4.20. The van der Waals surface area contributed by atoms with Gasteiger partial charge in [0.2, 0.25) is 0 Å². The standard InChI is InChI=1S/C11H15N3O/c1-13(2)7-9-8-6-12-14(3)10(8)4-5-11(9)15/h6-7H,4-5H2,1-3H3. The quantitative estimate of drug-likeness (QED) is 0.638. The summed E-state index contributed by atoms with van der Waals surface area (Å²) in [7, 11) is 5.76. The Hall–Kier alpha value is -1.58. The molecule has 0 N–H and O–H groups in total. The van der Waals surface area contributed by atoms with Crippen LogP contribution in [0.4, 0.5) is 0 Å². The van der Waals surface area contributed by atoms with E-state index in [-0.39, 0.29) is 5.78 Å². The summed E-state index contributed by atoms with van der Waals surface area (Å²) in [4.78, 5) is 13.7. The van der Waals surface area contributed by atoms with Crippen LogP contribution in [0.25, 0.3) is 5.57 Å². The van der Waals surface area contributed by atoms with Crippen LogP contribution in [0.1, 0.15) is 17.7 Å². The van der Waals surface area contributed by atoms with E-state index < -0.39 is 0 Å². The van der Waals surface area contributed by atoms with Crippen LogP contribution in [-0.2, 0) is 18.3 Å². The Morgan fingerprint density at radius 3 is 2.87 bits per heavy atom. The summed E-state index contributed by atoms with van der Waals surface area (Å²) in [6, 6.07) is 0. The van der Waals surface area contributed by atoms with E-state index in [0.29, 0.717) is 6.42 Å². The van der Waals surface area contributed by atoms with Crippen molar-refractivity contribution < 1.29 is 4.79 Å². The number of nitrogens with zero attached hydrogens (tertiary/aromatic N) is 3. The molecule has 1 aromatic heterocycles. The van der Waals surface area contributed by atoms with E-state index in [4.69, 9.17) is 0 Å². The van der Waals surface area contributed by atoms with Crippen molar-refractivity contribution in [1.29, 1.82) is 0 Å². The van der Waals surface area contributed by atoms with Gasteiger partial charge in [-0.2, -0.15) is 5.10 Å². The highest BCUT2D eigenvalue weighted by atomic mass is 16.1. The maximum absolute atomic E-state index is 11.8. The number of aromatic nitrogens is 2. The molecule has 0 aliphatic heterocycles. The number of aryl methyl sites for hydroxylation is 1. The smallest absolute Gasteiger partial charge is 0.165 e. The first-order chi connectivity index (χ1) is 7.09. The van der Waals surface area contributed by atoms with Gasteiger partial charge < -0.3 is 4.90 Å². The fourth-order valence-electron chi connectivity index (χ4n) is 1.90. The lowest BCUT2D eigenvalue weighted by Crippen LogP contribution is -2.16. The molecule has 0 atom stereocenters. The van der Waals surface area contributed by atoms with Crippen molar-refractivity contribution in [2.75, 3.05) is 14.1 Å². The molecule has 1 heterocycles. The molecular formula is C11H15N3O. The predicted octanol–water partition coefficient (Wildman–Crippen LogP) is 0.838. The Labute approximate surface area is 89.2 Å². The van der Waals surface area contributed by atoms with Gasteiger partial charge in [0.15, 0.2) is 5.78 Å². The summed E-state index contributed by atoms with van der Waals surface area (Å²) >= 11 is 0. The van der Waals surface area contributed by atoms with Crippen molar-refractivity contribution in [2.45, 2.75) is 12.8 Å².